The maximum absolute atomic E-state index is 12.2. The number of sulfonamides is 1. The van der Waals surface area contributed by atoms with Crippen LogP contribution in [0.3, 0.4) is 0 Å². The van der Waals surface area contributed by atoms with Crippen LogP contribution in [0.1, 0.15) is 6.42 Å². The molecule has 0 bridgehead atoms. The normalized spacial score (nSPS) is 19.1. The van der Waals surface area contributed by atoms with E-state index < -0.39 is 10.0 Å². The van der Waals surface area contributed by atoms with Crippen molar-refractivity contribution in [3.05, 3.63) is 29.0 Å². The van der Waals surface area contributed by atoms with Gasteiger partial charge in [0.15, 0.2) is 0 Å². The van der Waals surface area contributed by atoms with Gasteiger partial charge in [-0.05, 0) is 28.1 Å². The van der Waals surface area contributed by atoms with E-state index in [0.717, 1.165) is 0 Å². The Labute approximate surface area is 135 Å². The van der Waals surface area contributed by atoms with E-state index in [1.807, 2.05) is 0 Å². The number of halogens is 1. The molecule has 1 unspecified atom stereocenters. The number of aromatic nitrogens is 2. The summed E-state index contributed by atoms with van der Waals surface area (Å²) in [5.41, 5.74) is 2.03. The fraction of sp³-hybridized carbons (Fsp3) is 0.308. The summed E-state index contributed by atoms with van der Waals surface area (Å²) in [4.78, 5) is 22.2. The summed E-state index contributed by atoms with van der Waals surface area (Å²) < 4.78 is 23.1. The Bertz CT molecular complexity index is 855. The molecule has 3 rings (SSSR count). The highest BCUT2D eigenvalue weighted by atomic mass is 79.9. The van der Waals surface area contributed by atoms with Crippen molar-refractivity contribution in [3.8, 4) is 0 Å². The van der Waals surface area contributed by atoms with Crippen LogP contribution >= 0.6 is 15.9 Å². The number of nitrogens with zero attached hydrogens (tertiary/aromatic N) is 3. The van der Waals surface area contributed by atoms with Crippen LogP contribution in [0.25, 0.3) is 11.0 Å². The molecule has 22 heavy (non-hydrogen) atoms. The van der Waals surface area contributed by atoms with Gasteiger partial charge in [-0.25, -0.2) is 13.6 Å². The highest BCUT2D eigenvalue weighted by molar-refractivity contribution is 9.10. The molecular formula is C13H13BrN4O3S. The predicted molar refractivity (Wildman–Crippen MR) is 85.7 cm³/mol. The Morgan fingerprint density at radius 3 is 2.77 bits per heavy atom. The highest BCUT2D eigenvalue weighted by Crippen LogP contribution is 2.35. The zero-order chi connectivity index (χ0) is 15.9. The Kier molecular flexibility index (Phi) is 3.87. The monoisotopic (exact) mass is 384 g/mol. The van der Waals surface area contributed by atoms with E-state index in [4.69, 9.17) is 5.14 Å². The lowest BCUT2D eigenvalue weighted by Crippen LogP contribution is -2.27. The first kappa shape index (κ1) is 15.3. The van der Waals surface area contributed by atoms with E-state index in [-0.39, 0.29) is 24.0 Å². The molecule has 0 saturated carbocycles. The molecule has 1 aliphatic rings. The summed E-state index contributed by atoms with van der Waals surface area (Å²) in [5, 5.41) is 5.06. The third kappa shape index (κ3) is 2.96. The number of rotatable bonds is 3. The Morgan fingerprint density at radius 1 is 1.32 bits per heavy atom. The van der Waals surface area contributed by atoms with Gasteiger partial charge < -0.3 is 4.90 Å². The van der Waals surface area contributed by atoms with Crippen LogP contribution in [0, 0.1) is 5.92 Å². The van der Waals surface area contributed by atoms with E-state index in [1.54, 1.807) is 29.4 Å². The molecule has 1 aromatic carbocycles. The van der Waals surface area contributed by atoms with E-state index in [0.29, 0.717) is 27.7 Å². The molecule has 1 amide bonds. The lowest BCUT2D eigenvalue weighted by Gasteiger charge is -2.19. The molecule has 116 valence electrons. The molecule has 9 heteroatoms. The Hall–Kier alpha value is -1.58. The van der Waals surface area contributed by atoms with Crippen LogP contribution in [0.5, 0.6) is 0 Å². The fourth-order valence-corrected chi connectivity index (χ4v) is 4.19. The summed E-state index contributed by atoms with van der Waals surface area (Å²) in [6, 6.07) is 3.56. The van der Waals surface area contributed by atoms with E-state index in [9.17, 15) is 13.2 Å². The molecule has 0 radical (unpaired) electrons. The second-order valence-electron chi connectivity index (χ2n) is 5.23. The van der Waals surface area contributed by atoms with Crippen molar-refractivity contribution in [2.24, 2.45) is 11.1 Å². The summed E-state index contributed by atoms with van der Waals surface area (Å²) >= 11 is 3.46. The number of anilines is 1. The molecule has 1 saturated heterocycles. The SMILES string of the molecule is NS(=O)(=O)CC1CC(=O)N(c2ccc3nccnc3c2Br)C1. The molecule has 1 aromatic heterocycles. The topological polar surface area (TPSA) is 106 Å². The van der Waals surface area contributed by atoms with E-state index in [2.05, 4.69) is 25.9 Å². The van der Waals surface area contributed by atoms with Crippen LogP contribution in [-0.2, 0) is 14.8 Å². The number of carbonyl (C=O) groups is 1. The number of nitrogens with two attached hydrogens (primary N) is 1. The molecule has 0 spiro atoms. The molecular weight excluding hydrogens is 372 g/mol. The molecule has 2 heterocycles. The number of carbonyl (C=O) groups excluding carboxylic acids is 1. The second-order valence-corrected chi connectivity index (χ2v) is 7.68. The highest BCUT2D eigenvalue weighted by Gasteiger charge is 2.34. The van der Waals surface area contributed by atoms with Crippen LogP contribution in [0.2, 0.25) is 0 Å². The van der Waals surface area contributed by atoms with Gasteiger partial charge in [0.1, 0.15) is 5.52 Å². The molecule has 1 aliphatic heterocycles. The molecule has 0 aliphatic carbocycles. The van der Waals surface area contributed by atoms with Gasteiger partial charge in [0.05, 0.1) is 21.4 Å². The minimum Gasteiger partial charge on any atom is -0.311 e. The predicted octanol–water partition coefficient (Wildman–Crippen LogP) is 1.03. The van der Waals surface area contributed by atoms with Gasteiger partial charge in [-0.1, -0.05) is 0 Å². The zero-order valence-corrected chi connectivity index (χ0v) is 13.8. The van der Waals surface area contributed by atoms with Crippen molar-refractivity contribution in [2.45, 2.75) is 6.42 Å². The van der Waals surface area contributed by atoms with Gasteiger partial charge >= 0.3 is 0 Å². The number of fused-ring (bicyclic) bond motifs is 1. The molecule has 2 N–H and O–H groups in total. The number of hydrogen-bond acceptors (Lipinski definition) is 5. The first-order valence-corrected chi connectivity index (χ1v) is 9.06. The maximum atomic E-state index is 12.2. The van der Waals surface area contributed by atoms with Crippen molar-refractivity contribution >= 4 is 48.6 Å². The van der Waals surface area contributed by atoms with Gasteiger partial charge in [0.25, 0.3) is 0 Å². The second kappa shape index (κ2) is 5.56. The minimum absolute atomic E-state index is 0.127. The van der Waals surface area contributed by atoms with Crippen molar-refractivity contribution in [1.29, 1.82) is 0 Å². The number of benzene rings is 1. The molecule has 2 aromatic rings. The van der Waals surface area contributed by atoms with Crippen molar-refractivity contribution in [3.63, 3.8) is 0 Å². The maximum Gasteiger partial charge on any atom is 0.227 e. The zero-order valence-electron chi connectivity index (χ0n) is 11.4. The largest absolute Gasteiger partial charge is 0.311 e. The third-order valence-corrected chi connectivity index (χ3v) is 5.24. The molecule has 7 nitrogen and oxygen atoms in total. The van der Waals surface area contributed by atoms with Gasteiger partial charge in [-0.15, -0.1) is 0 Å². The van der Waals surface area contributed by atoms with E-state index in [1.165, 1.54) is 0 Å². The average Bonchev–Trinajstić information content (AvgIpc) is 2.78. The first-order valence-electron chi connectivity index (χ1n) is 6.55. The van der Waals surface area contributed by atoms with Crippen molar-refractivity contribution in [2.75, 3.05) is 17.2 Å². The van der Waals surface area contributed by atoms with Crippen LogP contribution in [0.4, 0.5) is 5.69 Å². The minimum atomic E-state index is -3.59. The number of primary sulfonamides is 1. The first-order chi connectivity index (χ1) is 10.3. The van der Waals surface area contributed by atoms with Crippen LogP contribution in [-0.4, -0.2) is 36.6 Å². The van der Waals surface area contributed by atoms with Crippen molar-refractivity contribution in [1.82, 2.24) is 9.97 Å². The van der Waals surface area contributed by atoms with Gasteiger partial charge in [-0.2, -0.15) is 0 Å². The standard InChI is InChI=1S/C13H13BrN4O3S/c14-12-10(2-1-9-13(12)17-4-3-16-9)18-6-8(5-11(18)19)7-22(15,20)21/h1-4,8H,5-7H2,(H2,15,20,21). The summed E-state index contributed by atoms with van der Waals surface area (Å²) in [6.45, 7) is 0.319. The average molecular weight is 385 g/mol. The Morgan fingerprint density at radius 2 is 2.05 bits per heavy atom. The summed E-state index contributed by atoms with van der Waals surface area (Å²) in [6.07, 6.45) is 3.34. The quantitative estimate of drug-likeness (QED) is 0.850. The Balaban J connectivity index is 1.94. The third-order valence-electron chi connectivity index (χ3n) is 3.52. The smallest absolute Gasteiger partial charge is 0.227 e. The van der Waals surface area contributed by atoms with Gasteiger partial charge in [0, 0.05) is 31.3 Å². The van der Waals surface area contributed by atoms with E-state index >= 15 is 0 Å². The molecule has 1 atom stereocenters. The van der Waals surface area contributed by atoms with Gasteiger partial charge in [-0.3, -0.25) is 14.8 Å². The fourth-order valence-electron chi connectivity index (χ4n) is 2.66. The summed E-state index contributed by atoms with van der Waals surface area (Å²) in [5.74, 6) is -0.621. The number of amides is 1. The number of hydrogen-bond donors (Lipinski definition) is 1. The lowest BCUT2D eigenvalue weighted by molar-refractivity contribution is -0.117. The lowest BCUT2D eigenvalue weighted by atomic mass is 10.1. The van der Waals surface area contributed by atoms with Crippen LogP contribution in [0.15, 0.2) is 29.0 Å². The van der Waals surface area contributed by atoms with Gasteiger partial charge in [0.2, 0.25) is 15.9 Å². The van der Waals surface area contributed by atoms with Crippen LogP contribution < -0.4 is 10.0 Å². The summed E-state index contributed by atoms with van der Waals surface area (Å²) in [7, 11) is -3.59. The van der Waals surface area contributed by atoms with Crippen molar-refractivity contribution < 1.29 is 13.2 Å². The molecule has 1 fully saturated rings.